The molecule has 1 saturated heterocycles. The van der Waals surface area contributed by atoms with Gasteiger partial charge < -0.3 is 10.1 Å². The summed E-state index contributed by atoms with van der Waals surface area (Å²) >= 11 is 12.4. The number of benzene rings is 2. The van der Waals surface area contributed by atoms with E-state index in [1.165, 1.54) is 7.11 Å². The van der Waals surface area contributed by atoms with Crippen LogP contribution in [0.5, 0.6) is 0 Å². The van der Waals surface area contributed by atoms with Crippen molar-refractivity contribution < 1.29 is 14.3 Å². The average Bonchev–Trinajstić information content (AvgIpc) is 2.71. The summed E-state index contributed by atoms with van der Waals surface area (Å²) < 4.78 is 4.71. The molecule has 2 aromatic carbocycles. The third-order valence-corrected chi connectivity index (χ3v) is 5.65. The van der Waals surface area contributed by atoms with Gasteiger partial charge in [-0.15, -0.1) is 0 Å². The van der Waals surface area contributed by atoms with E-state index in [2.05, 4.69) is 10.2 Å². The fraction of sp³-hybridized carbons (Fsp3) is 0.333. The first-order valence-corrected chi connectivity index (χ1v) is 9.88. The van der Waals surface area contributed by atoms with Crippen LogP contribution in [0.15, 0.2) is 42.5 Å². The van der Waals surface area contributed by atoms with Crippen LogP contribution >= 0.6 is 23.2 Å². The van der Waals surface area contributed by atoms with E-state index in [9.17, 15) is 9.59 Å². The second-order valence-corrected chi connectivity index (χ2v) is 7.63. The Hall–Kier alpha value is -2.08. The molecule has 0 saturated carbocycles. The first-order chi connectivity index (χ1) is 13.5. The van der Waals surface area contributed by atoms with Crippen LogP contribution in [0.25, 0.3) is 0 Å². The summed E-state index contributed by atoms with van der Waals surface area (Å²) in [6, 6.07) is 12.5. The number of carbonyl (C=O) groups is 2. The zero-order valence-electron chi connectivity index (χ0n) is 15.6. The monoisotopic (exact) mass is 420 g/mol. The zero-order valence-corrected chi connectivity index (χ0v) is 17.1. The molecule has 0 atom stereocenters. The van der Waals surface area contributed by atoms with Crippen molar-refractivity contribution in [3.63, 3.8) is 0 Å². The number of likely N-dealkylation sites (tertiary alicyclic amines) is 1. The summed E-state index contributed by atoms with van der Waals surface area (Å²) in [4.78, 5) is 26.6. The van der Waals surface area contributed by atoms with E-state index in [-0.39, 0.29) is 11.8 Å². The molecule has 28 heavy (non-hydrogen) atoms. The summed E-state index contributed by atoms with van der Waals surface area (Å²) in [5.41, 5.74) is 1.86. The van der Waals surface area contributed by atoms with Gasteiger partial charge in [0, 0.05) is 17.5 Å². The van der Waals surface area contributed by atoms with Gasteiger partial charge in [-0.25, -0.2) is 4.79 Å². The number of esters is 1. The molecule has 0 spiro atoms. The molecule has 0 unspecified atom stereocenters. The van der Waals surface area contributed by atoms with Crippen molar-refractivity contribution in [1.82, 2.24) is 4.90 Å². The van der Waals surface area contributed by atoms with Gasteiger partial charge in [0.05, 0.1) is 23.4 Å². The number of ether oxygens (including phenoxy) is 1. The highest BCUT2D eigenvalue weighted by Crippen LogP contribution is 2.27. The predicted octanol–water partition coefficient (Wildman–Crippen LogP) is 4.63. The second-order valence-electron chi connectivity index (χ2n) is 6.82. The predicted molar refractivity (Wildman–Crippen MR) is 111 cm³/mol. The van der Waals surface area contributed by atoms with Crippen molar-refractivity contribution in [1.29, 1.82) is 0 Å². The molecule has 7 heteroatoms. The molecular formula is C21H22Cl2N2O3. The maximum Gasteiger partial charge on any atom is 0.337 e. The van der Waals surface area contributed by atoms with Gasteiger partial charge in [-0.05, 0) is 55.8 Å². The first-order valence-electron chi connectivity index (χ1n) is 9.12. The number of hydrogen-bond acceptors (Lipinski definition) is 4. The van der Waals surface area contributed by atoms with Crippen LogP contribution in [0.4, 0.5) is 5.69 Å². The lowest BCUT2D eigenvalue weighted by molar-refractivity contribution is -0.121. The Kier molecular flexibility index (Phi) is 6.94. The average molecular weight is 421 g/mol. The zero-order chi connectivity index (χ0) is 20.1. The van der Waals surface area contributed by atoms with Crippen molar-refractivity contribution in [3.05, 3.63) is 63.6 Å². The molecule has 0 aromatic heterocycles. The fourth-order valence-electron chi connectivity index (χ4n) is 3.32. The molecule has 0 bridgehead atoms. The first kappa shape index (κ1) is 20.6. The minimum absolute atomic E-state index is 0.0821. The summed E-state index contributed by atoms with van der Waals surface area (Å²) in [5, 5.41) is 4.01. The number of amides is 1. The number of nitrogens with one attached hydrogen (secondary N) is 1. The SMILES string of the molecule is COC(=O)c1ccc(Cl)c(NC(=O)C2CCN(Cc3ccccc3Cl)CC2)c1. The van der Waals surface area contributed by atoms with Gasteiger partial charge in [-0.3, -0.25) is 9.69 Å². The van der Waals surface area contributed by atoms with Crippen LogP contribution in [0, 0.1) is 5.92 Å². The van der Waals surface area contributed by atoms with Crippen molar-refractivity contribution in [2.75, 3.05) is 25.5 Å². The molecule has 0 radical (unpaired) electrons. The Labute approximate surface area is 174 Å². The number of anilines is 1. The van der Waals surface area contributed by atoms with Crippen molar-refractivity contribution in [2.24, 2.45) is 5.92 Å². The lowest BCUT2D eigenvalue weighted by atomic mass is 9.95. The normalized spacial score (nSPS) is 15.2. The van der Waals surface area contributed by atoms with Crippen molar-refractivity contribution in [2.45, 2.75) is 19.4 Å². The molecule has 0 aliphatic carbocycles. The molecule has 1 amide bonds. The van der Waals surface area contributed by atoms with E-state index in [4.69, 9.17) is 27.9 Å². The number of nitrogens with zero attached hydrogens (tertiary/aromatic N) is 1. The maximum absolute atomic E-state index is 12.7. The summed E-state index contributed by atoms with van der Waals surface area (Å²) in [5.74, 6) is -0.651. The molecule has 1 N–H and O–H groups in total. The summed E-state index contributed by atoms with van der Waals surface area (Å²) in [6.45, 7) is 2.42. The lowest BCUT2D eigenvalue weighted by Crippen LogP contribution is -2.37. The Morgan fingerprint density at radius 2 is 1.82 bits per heavy atom. The van der Waals surface area contributed by atoms with Crippen LogP contribution in [0.3, 0.4) is 0 Å². The van der Waals surface area contributed by atoms with Crippen LogP contribution in [-0.4, -0.2) is 37.0 Å². The summed E-state index contributed by atoms with van der Waals surface area (Å²) in [7, 11) is 1.31. The molecule has 148 valence electrons. The number of carbonyl (C=O) groups excluding carboxylic acids is 2. The van der Waals surface area contributed by atoms with Gasteiger partial charge in [-0.2, -0.15) is 0 Å². The van der Waals surface area contributed by atoms with E-state index >= 15 is 0 Å². The Balaban J connectivity index is 1.57. The van der Waals surface area contributed by atoms with E-state index in [1.54, 1.807) is 18.2 Å². The van der Waals surface area contributed by atoms with E-state index < -0.39 is 5.97 Å². The van der Waals surface area contributed by atoms with Gasteiger partial charge in [0.15, 0.2) is 0 Å². The van der Waals surface area contributed by atoms with Crippen LogP contribution in [0.2, 0.25) is 10.0 Å². The third-order valence-electron chi connectivity index (χ3n) is 4.96. The number of piperidine rings is 1. The number of rotatable bonds is 5. The molecule has 1 aliphatic heterocycles. The number of hydrogen-bond donors (Lipinski definition) is 1. The molecule has 1 fully saturated rings. The van der Waals surface area contributed by atoms with Gasteiger partial charge in [0.1, 0.15) is 0 Å². The Morgan fingerprint density at radius 1 is 1.11 bits per heavy atom. The van der Waals surface area contributed by atoms with E-state index in [1.807, 2.05) is 24.3 Å². The number of halogens is 2. The lowest BCUT2D eigenvalue weighted by Gasteiger charge is -2.31. The molecule has 2 aromatic rings. The Bertz CT molecular complexity index is 864. The molecule has 3 rings (SSSR count). The minimum atomic E-state index is -0.472. The number of methoxy groups -OCH3 is 1. The van der Waals surface area contributed by atoms with E-state index in [0.29, 0.717) is 16.3 Å². The standard InChI is InChI=1S/C21H22Cl2N2O3/c1-28-21(27)15-6-7-18(23)19(12-15)24-20(26)14-8-10-25(11-9-14)13-16-4-2-3-5-17(16)22/h2-7,12,14H,8-11,13H2,1H3,(H,24,26). The maximum atomic E-state index is 12.7. The summed E-state index contributed by atoms with van der Waals surface area (Å²) in [6.07, 6.45) is 1.51. The van der Waals surface area contributed by atoms with Gasteiger partial charge in [0.25, 0.3) is 0 Å². The third kappa shape index (κ3) is 5.04. The van der Waals surface area contributed by atoms with Crippen molar-refractivity contribution >= 4 is 40.8 Å². The molecule has 1 heterocycles. The Morgan fingerprint density at radius 3 is 2.50 bits per heavy atom. The second kappa shape index (κ2) is 9.41. The molecular weight excluding hydrogens is 399 g/mol. The fourth-order valence-corrected chi connectivity index (χ4v) is 3.68. The van der Waals surface area contributed by atoms with Crippen LogP contribution < -0.4 is 5.32 Å². The highest BCUT2D eigenvalue weighted by Gasteiger charge is 2.26. The van der Waals surface area contributed by atoms with Gasteiger partial charge in [0.2, 0.25) is 5.91 Å². The smallest absolute Gasteiger partial charge is 0.337 e. The minimum Gasteiger partial charge on any atom is -0.465 e. The molecule has 1 aliphatic rings. The van der Waals surface area contributed by atoms with Gasteiger partial charge in [-0.1, -0.05) is 41.4 Å². The molecule has 5 nitrogen and oxygen atoms in total. The topological polar surface area (TPSA) is 58.6 Å². The van der Waals surface area contributed by atoms with Gasteiger partial charge >= 0.3 is 5.97 Å². The highest BCUT2D eigenvalue weighted by molar-refractivity contribution is 6.34. The quantitative estimate of drug-likeness (QED) is 0.716. The van der Waals surface area contributed by atoms with Crippen LogP contribution in [-0.2, 0) is 16.1 Å². The highest BCUT2D eigenvalue weighted by atomic mass is 35.5. The largest absolute Gasteiger partial charge is 0.465 e. The van der Waals surface area contributed by atoms with Crippen LogP contribution in [0.1, 0.15) is 28.8 Å². The van der Waals surface area contributed by atoms with Crippen molar-refractivity contribution in [3.8, 4) is 0 Å². The van der Waals surface area contributed by atoms with E-state index in [0.717, 1.165) is 43.1 Å².